The van der Waals surface area contributed by atoms with Crippen LogP contribution in [0.1, 0.15) is 39.0 Å². The largest absolute Gasteiger partial charge is 0.342 e. The Morgan fingerprint density at radius 1 is 1.18 bits per heavy atom. The van der Waals surface area contributed by atoms with Crippen LogP contribution in [0.3, 0.4) is 0 Å². The van der Waals surface area contributed by atoms with Crippen LogP contribution < -0.4 is 0 Å². The number of rotatable bonds is 7. The molecule has 2 aliphatic rings. The molecule has 7 heteroatoms. The summed E-state index contributed by atoms with van der Waals surface area (Å²) in [6.45, 7) is 6.73. The average molecular weight is 334 g/mol. The first-order valence-corrected chi connectivity index (χ1v) is 9.81. The summed E-state index contributed by atoms with van der Waals surface area (Å²) in [5.41, 5.74) is 0. The fourth-order valence-corrected chi connectivity index (χ4v) is 4.17. The molecule has 128 valence electrons. The van der Waals surface area contributed by atoms with Crippen molar-refractivity contribution in [2.24, 2.45) is 11.8 Å². The smallest absolute Gasteiger partial charge is 0.302 e. The summed E-state index contributed by atoms with van der Waals surface area (Å²) < 4.78 is 34.0. The lowest BCUT2D eigenvalue weighted by Crippen LogP contribution is -2.34. The van der Waals surface area contributed by atoms with E-state index in [4.69, 9.17) is 0 Å². The molecule has 0 aliphatic carbocycles. The summed E-state index contributed by atoms with van der Waals surface area (Å²) in [7, 11) is -4.48. The summed E-state index contributed by atoms with van der Waals surface area (Å²) >= 11 is 0. The van der Waals surface area contributed by atoms with Crippen LogP contribution in [-0.4, -0.2) is 62.6 Å². The van der Waals surface area contributed by atoms with E-state index in [1.165, 1.54) is 25.9 Å². The maximum absolute atomic E-state index is 12.7. The molecule has 22 heavy (non-hydrogen) atoms. The van der Waals surface area contributed by atoms with Gasteiger partial charge in [-0.2, -0.15) is 8.42 Å². The molecule has 0 aromatic rings. The van der Waals surface area contributed by atoms with E-state index in [-0.39, 0.29) is 18.2 Å². The van der Waals surface area contributed by atoms with E-state index in [9.17, 15) is 17.1 Å². The highest BCUT2D eigenvalue weighted by Crippen LogP contribution is 2.21. The SMILES string of the molecule is CC1CCN(CCCCN2CC(CS(=O)(=O)F)CC2=O)CC1. The second-order valence-corrected chi connectivity index (χ2v) is 8.26. The summed E-state index contributed by atoms with van der Waals surface area (Å²) in [5, 5.41) is 0. The number of hydrogen-bond acceptors (Lipinski definition) is 4. The average Bonchev–Trinajstić information content (AvgIpc) is 2.74. The fraction of sp³-hybridized carbons (Fsp3) is 0.933. The van der Waals surface area contributed by atoms with E-state index in [0.29, 0.717) is 13.1 Å². The standard InChI is InChI=1S/C15H27FN2O3S/c1-13-4-8-17(9-5-13)6-2-3-7-18-11-14(10-15(18)19)12-22(16,20)21/h13-14H,2-12H2,1H3. The first kappa shape index (κ1) is 17.7. The van der Waals surface area contributed by atoms with Crippen LogP contribution in [0.4, 0.5) is 3.89 Å². The topological polar surface area (TPSA) is 57.7 Å². The first-order chi connectivity index (χ1) is 10.3. The Hall–Kier alpha value is -0.690. The minimum absolute atomic E-state index is 0.0413. The lowest BCUT2D eigenvalue weighted by molar-refractivity contribution is -0.127. The molecule has 0 bridgehead atoms. The second kappa shape index (κ2) is 7.73. The highest BCUT2D eigenvalue weighted by atomic mass is 32.3. The summed E-state index contributed by atoms with van der Waals surface area (Å²) in [6.07, 6.45) is 4.66. The molecule has 2 fully saturated rings. The van der Waals surface area contributed by atoms with Gasteiger partial charge in [-0.3, -0.25) is 4.79 Å². The number of carbonyl (C=O) groups is 1. The molecule has 2 heterocycles. The van der Waals surface area contributed by atoms with Crippen molar-refractivity contribution >= 4 is 16.1 Å². The second-order valence-electron chi connectivity index (χ2n) is 6.85. The van der Waals surface area contributed by atoms with Crippen molar-refractivity contribution < 1.29 is 17.1 Å². The van der Waals surface area contributed by atoms with Crippen molar-refractivity contribution in [3.8, 4) is 0 Å². The number of likely N-dealkylation sites (tertiary alicyclic amines) is 2. The van der Waals surface area contributed by atoms with Crippen LogP contribution in [0.25, 0.3) is 0 Å². The third-order valence-corrected chi connectivity index (χ3v) is 5.63. The van der Waals surface area contributed by atoms with Gasteiger partial charge in [0.25, 0.3) is 0 Å². The van der Waals surface area contributed by atoms with Gasteiger partial charge in [-0.15, -0.1) is 3.89 Å². The number of nitrogens with zero attached hydrogens (tertiary/aromatic N) is 2. The van der Waals surface area contributed by atoms with E-state index in [2.05, 4.69) is 11.8 Å². The molecule has 0 saturated carbocycles. The zero-order chi connectivity index (χ0) is 16.2. The van der Waals surface area contributed by atoms with Gasteiger partial charge in [0.1, 0.15) is 0 Å². The van der Waals surface area contributed by atoms with E-state index in [1.807, 2.05) is 0 Å². The molecule has 2 aliphatic heterocycles. The predicted octanol–water partition coefficient (Wildman–Crippen LogP) is 1.65. The van der Waals surface area contributed by atoms with E-state index >= 15 is 0 Å². The molecule has 1 unspecified atom stereocenters. The Kier molecular flexibility index (Phi) is 6.20. The third-order valence-electron chi connectivity index (χ3n) is 4.76. The van der Waals surface area contributed by atoms with E-state index < -0.39 is 16.0 Å². The molecular formula is C15H27FN2O3S. The van der Waals surface area contributed by atoms with Gasteiger partial charge in [0.2, 0.25) is 5.91 Å². The molecule has 2 rings (SSSR count). The Labute approximate surface area is 133 Å². The van der Waals surface area contributed by atoms with Crippen molar-refractivity contribution in [3.63, 3.8) is 0 Å². The molecular weight excluding hydrogens is 307 g/mol. The highest BCUT2D eigenvalue weighted by Gasteiger charge is 2.32. The molecule has 1 atom stereocenters. The molecule has 0 aromatic heterocycles. The Balaban J connectivity index is 1.62. The highest BCUT2D eigenvalue weighted by molar-refractivity contribution is 7.86. The van der Waals surface area contributed by atoms with Gasteiger partial charge in [0, 0.05) is 25.4 Å². The van der Waals surface area contributed by atoms with Gasteiger partial charge < -0.3 is 9.80 Å². The molecule has 0 N–H and O–H groups in total. The molecule has 2 saturated heterocycles. The Morgan fingerprint density at radius 2 is 1.82 bits per heavy atom. The fourth-order valence-electron chi connectivity index (χ4n) is 3.39. The lowest BCUT2D eigenvalue weighted by atomic mass is 9.99. The minimum atomic E-state index is -4.48. The van der Waals surface area contributed by atoms with Crippen molar-refractivity contribution in [1.82, 2.24) is 9.80 Å². The van der Waals surface area contributed by atoms with Crippen LogP contribution in [0.2, 0.25) is 0 Å². The summed E-state index contributed by atoms with van der Waals surface area (Å²) in [5.74, 6) is -0.116. The van der Waals surface area contributed by atoms with Crippen LogP contribution in [0.5, 0.6) is 0 Å². The van der Waals surface area contributed by atoms with Gasteiger partial charge in [-0.1, -0.05) is 6.92 Å². The van der Waals surface area contributed by atoms with Crippen LogP contribution in [-0.2, 0) is 15.0 Å². The maximum Gasteiger partial charge on any atom is 0.302 e. The number of halogens is 1. The van der Waals surface area contributed by atoms with Crippen molar-refractivity contribution in [2.75, 3.05) is 38.5 Å². The third kappa shape index (κ3) is 5.83. The van der Waals surface area contributed by atoms with Crippen molar-refractivity contribution in [3.05, 3.63) is 0 Å². The zero-order valence-electron chi connectivity index (χ0n) is 13.3. The van der Waals surface area contributed by atoms with E-state index in [1.54, 1.807) is 4.90 Å². The molecule has 0 aromatic carbocycles. The van der Waals surface area contributed by atoms with Gasteiger partial charge in [-0.05, 0) is 51.2 Å². The molecule has 0 radical (unpaired) electrons. The summed E-state index contributed by atoms with van der Waals surface area (Å²) in [4.78, 5) is 16.0. The maximum atomic E-state index is 12.7. The number of amides is 1. The van der Waals surface area contributed by atoms with Gasteiger partial charge in [-0.25, -0.2) is 0 Å². The molecule has 0 spiro atoms. The van der Waals surface area contributed by atoms with Gasteiger partial charge >= 0.3 is 10.2 Å². The quantitative estimate of drug-likeness (QED) is 0.525. The van der Waals surface area contributed by atoms with Crippen LogP contribution in [0.15, 0.2) is 0 Å². The molecule has 5 nitrogen and oxygen atoms in total. The zero-order valence-corrected chi connectivity index (χ0v) is 14.2. The Bertz CT molecular complexity index is 475. The van der Waals surface area contributed by atoms with Gasteiger partial charge in [0.15, 0.2) is 0 Å². The number of piperidine rings is 1. The number of hydrogen-bond donors (Lipinski definition) is 0. The predicted molar refractivity (Wildman–Crippen MR) is 83.7 cm³/mol. The first-order valence-electron chi connectivity index (χ1n) is 8.26. The van der Waals surface area contributed by atoms with Crippen molar-refractivity contribution in [1.29, 1.82) is 0 Å². The lowest BCUT2D eigenvalue weighted by Gasteiger charge is -2.30. The van der Waals surface area contributed by atoms with Crippen LogP contribution >= 0.6 is 0 Å². The minimum Gasteiger partial charge on any atom is -0.342 e. The molecule has 1 amide bonds. The Morgan fingerprint density at radius 3 is 2.45 bits per heavy atom. The van der Waals surface area contributed by atoms with Crippen LogP contribution in [0, 0.1) is 11.8 Å². The van der Waals surface area contributed by atoms with Crippen molar-refractivity contribution in [2.45, 2.75) is 39.0 Å². The number of carbonyl (C=O) groups excluding carboxylic acids is 1. The normalized spacial score (nSPS) is 25.1. The monoisotopic (exact) mass is 334 g/mol. The summed E-state index contributed by atoms with van der Waals surface area (Å²) in [6, 6.07) is 0. The van der Waals surface area contributed by atoms with Gasteiger partial charge in [0.05, 0.1) is 5.75 Å². The number of unbranched alkanes of at least 4 members (excludes halogenated alkanes) is 1. The van der Waals surface area contributed by atoms with E-state index in [0.717, 1.165) is 25.3 Å².